The van der Waals surface area contributed by atoms with Gasteiger partial charge in [-0.2, -0.15) is 0 Å². The van der Waals surface area contributed by atoms with Gasteiger partial charge in [-0.3, -0.25) is 14.0 Å². The fourth-order valence-corrected chi connectivity index (χ4v) is 1.70. The number of aryl methyl sites for hydroxylation is 1. The van der Waals surface area contributed by atoms with Gasteiger partial charge in [-0.1, -0.05) is 0 Å². The van der Waals surface area contributed by atoms with Gasteiger partial charge in [0.1, 0.15) is 5.65 Å². The standard InChI is InChI=1S/C13H14N2O3/c1-3-18-12(16)7-10-8-14-11-6-9(2)4-5-15(11)13(10)17/h4-6,8H,3,7H2,1-2H3. The Labute approximate surface area is 104 Å². The van der Waals surface area contributed by atoms with Crippen LogP contribution < -0.4 is 5.56 Å². The zero-order valence-corrected chi connectivity index (χ0v) is 10.3. The van der Waals surface area contributed by atoms with Crippen LogP contribution in [-0.2, 0) is 16.0 Å². The maximum Gasteiger partial charge on any atom is 0.310 e. The second-order valence-electron chi connectivity index (χ2n) is 4.00. The van der Waals surface area contributed by atoms with Crippen molar-refractivity contribution in [2.24, 2.45) is 0 Å². The van der Waals surface area contributed by atoms with E-state index >= 15 is 0 Å². The van der Waals surface area contributed by atoms with Crippen LogP contribution in [0, 0.1) is 6.92 Å². The van der Waals surface area contributed by atoms with Gasteiger partial charge in [0.25, 0.3) is 5.56 Å². The van der Waals surface area contributed by atoms with Crippen molar-refractivity contribution in [2.75, 3.05) is 6.61 Å². The Morgan fingerprint density at radius 1 is 1.50 bits per heavy atom. The SMILES string of the molecule is CCOC(=O)Cc1cnc2cc(C)ccn2c1=O. The van der Waals surface area contributed by atoms with Crippen LogP contribution in [0.5, 0.6) is 0 Å². The first-order valence-corrected chi connectivity index (χ1v) is 5.74. The third-order valence-electron chi connectivity index (χ3n) is 2.58. The lowest BCUT2D eigenvalue weighted by Gasteiger charge is -2.04. The molecule has 0 unspecified atom stereocenters. The molecule has 2 aromatic heterocycles. The van der Waals surface area contributed by atoms with Gasteiger partial charge < -0.3 is 4.74 Å². The van der Waals surface area contributed by atoms with Crippen molar-refractivity contribution in [3.8, 4) is 0 Å². The summed E-state index contributed by atoms with van der Waals surface area (Å²) < 4.78 is 6.25. The average Bonchev–Trinajstić information content (AvgIpc) is 2.33. The smallest absolute Gasteiger partial charge is 0.310 e. The number of fused-ring (bicyclic) bond motifs is 1. The molecule has 0 radical (unpaired) electrons. The number of aromatic nitrogens is 2. The van der Waals surface area contributed by atoms with Crippen LogP contribution in [-0.4, -0.2) is 22.0 Å². The summed E-state index contributed by atoms with van der Waals surface area (Å²) in [6.07, 6.45) is 3.05. The molecule has 0 bridgehead atoms. The Kier molecular flexibility index (Phi) is 3.41. The highest BCUT2D eigenvalue weighted by Crippen LogP contribution is 2.03. The van der Waals surface area contributed by atoms with Crippen LogP contribution in [0.4, 0.5) is 0 Å². The van der Waals surface area contributed by atoms with Crippen molar-refractivity contribution in [3.63, 3.8) is 0 Å². The molecule has 0 aliphatic carbocycles. The van der Waals surface area contributed by atoms with E-state index < -0.39 is 5.97 Å². The predicted molar refractivity (Wildman–Crippen MR) is 66.5 cm³/mol. The van der Waals surface area contributed by atoms with Gasteiger partial charge in [0.05, 0.1) is 13.0 Å². The van der Waals surface area contributed by atoms with Crippen LogP contribution in [0.15, 0.2) is 29.3 Å². The van der Waals surface area contributed by atoms with Crippen molar-refractivity contribution in [1.82, 2.24) is 9.38 Å². The van der Waals surface area contributed by atoms with E-state index in [1.165, 1.54) is 10.6 Å². The van der Waals surface area contributed by atoms with Crippen LogP contribution >= 0.6 is 0 Å². The van der Waals surface area contributed by atoms with E-state index in [2.05, 4.69) is 4.98 Å². The van der Waals surface area contributed by atoms with Crippen molar-refractivity contribution in [1.29, 1.82) is 0 Å². The average molecular weight is 246 g/mol. The first-order valence-electron chi connectivity index (χ1n) is 5.74. The van der Waals surface area contributed by atoms with Crippen LogP contribution in [0.3, 0.4) is 0 Å². The van der Waals surface area contributed by atoms with Gasteiger partial charge in [0.15, 0.2) is 0 Å². The van der Waals surface area contributed by atoms with Crippen LogP contribution in [0.1, 0.15) is 18.1 Å². The Bertz CT molecular complexity index is 646. The zero-order valence-electron chi connectivity index (χ0n) is 10.3. The molecule has 5 nitrogen and oxygen atoms in total. The number of hydrogen-bond acceptors (Lipinski definition) is 4. The van der Waals surface area contributed by atoms with Gasteiger partial charge in [-0.15, -0.1) is 0 Å². The van der Waals surface area contributed by atoms with Crippen LogP contribution in [0.25, 0.3) is 5.65 Å². The normalized spacial score (nSPS) is 10.6. The number of esters is 1. The summed E-state index contributed by atoms with van der Waals surface area (Å²) in [6, 6.07) is 3.64. The van der Waals surface area contributed by atoms with Gasteiger partial charge >= 0.3 is 5.97 Å². The van der Waals surface area contributed by atoms with E-state index in [0.717, 1.165) is 5.56 Å². The van der Waals surface area contributed by atoms with Gasteiger partial charge in [0.2, 0.25) is 0 Å². The fourth-order valence-electron chi connectivity index (χ4n) is 1.70. The summed E-state index contributed by atoms with van der Waals surface area (Å²) in [5.74, 6) is -0.413. The molecule has 0 amide bonds. The van der Waals surface area contributed by atoms with Crippen molar-refractivity contribution >= 4 is 11.6 Å². The summed E-state index contributed by atoms with van der Waals surface area (Å²) in [5.41, 5.74) is 1.72. The maximum absolute atomic E-state index is 12.1. The minimum Gasteiger partial charge on any atom is -0.466 e. The van der Waals surface area contributed by atoms with Gasteiger partial charge in [-0.05, 0) is 31.5 Å². The third-order valence-corrected chi connectivity index (χ3v) is 2.58. The molecular formula is C13H14N2O3. The molecule has 5 heteroatoms. The van der Waals surface area contributed by atoms with Crippen molar-refractivity contribution < 1.29 is 9.53 Å². The van der Waals surface area contributed by atoms with Gasteiger partial charge in [0, 0.05) is 18.0 Å². The second-order valence-corrected chi connectivity index (χ2v) is 4.00. The van der Waals surface area contributed by atoms with E-state index in [1.54, 1.807) is 13.1 Å². The van der Waals surface area contributed by atoms with Crippen LogP contribution in [0.2, 0.25) is 0 Å². The topological polar surface area (TPSA) is 60.7 Å². The van der Waals surface area contributed by atoms with E-state index in [9.17, 15) is 9.59 Å². The number of nitrogens with zero attached hydrogens (tertiary/aromatic N) is 2. The highest BCUT2D eigenvalue weighted by molar-refractivity contribution is 5.72. The molecule has 94 valence electrons. The first-order chi connectivity index (χ1) is 8.61. The molecule has 0 aliphatic rings. The van der Waals surface area contributed by atoms with E-state index in [-0.39, 0.29) is 12.0 Å². The summed E-state index contributed by atoms with van der Waals surface area (Å²) in [6.45, 7) is 3.96. The molecule has 0 saturated carbocycles. The predicted octanol–water partition coefficient (Wildman–Crippen LogP) is 1.11. The Morgan fingerprint density at radius 3 is 3.00 bits per heavy atom. The maximum atomic E-state index is 12.1. The molecule has 0 aliphatic heterocycles. The molecule has 2 heterocycles. The highest BCUT2D eigenvalue weighted by atomic mass is 16.5. The molecule has 2 aromatic rings. The zero-order chi connectivity index (χ0) is 13.1. The van der Waals surface area contributed by atoms with Crippen molar-refractivity contribution in [2.45, 2.75) is 20.3 Å². The lowest BCUT2D eigenvalue weighted by molar-refractivity contribution is -0.142. The summed E-state index contributed by atoms with van der Waals surface area (Å²) in [5, 5.41) is 0. The Morgan fingerprint density at radius 2 is 2.28 bits per heavy atom. The number of pyridine rings is 1. The minimum absolute atomic E-state index is 0.0451. The molecule has 0 atom stereocenters. The summed E-state index contributed by atoms with van der Waals surface area (Å²) in [4.78, 5) is 27.6. The van der Waals surface area contributed by atoms with E-state index in [4.69, 9.17) is 4.74 Å². The largest absolute Gasteiger partial charge is 0.466 e. The molecule has 0 fully saturated rings. The lowest BCUT2D eigenvalue weighted by Crippen LogP contribution is -2.22. The molecule has 0 N–H and O–H groups in total. The molecule has 0 saturated heterocycles. The molecule has 0 aromatic carbocycles. The second kappa shape index (κ2) is 5.00. The number of carbonyl (C=O) groups is 1. The monoisotopic (exact) mass is 246 g/mol. The number of rotatable bonds is 3. The van der Waals surface area contributed by atoms with Crippen molar-refractivity contribution in [3.05, 3.63) is 46.0 Å². The van der Waals surface area contributed by atoms with E-state index in [1.807, 2.05) is 19.1 Å². The highest BCUT2D eigenvalue weighted by Gasteiger charge is 2.10. The fraction of sp³-hybridized carbons (Fsp3) is 0.308. The summed E-state index contributed by atoms with van der Waals surface area (Å²) >= 11 is 0. The first kappa shape index (κ1) is 12.3. The number of hydrogen-bond donors (Lipinski definition) is 0. The molecular weight excluding hydrogens is 232 g/mol. The quantitative estimate of drug-likeness (QED) is 0.761. The molecule has 0 spiro atoms. The minimum atomic E-state index is -0.413. The Balaban J connectivity index is 2.42. The van der Waals surface area contributed by atoms with E-state index in [0.29, 0.717) is 17.8 Å². The molecule has 18 heavy (non-hydrogen) atoms. The Hall–Kier alpha value is -2.17. The lowest BCUT2D eigenvalue weighted by atomic mass is 10.2. The van der Waals surface area contributed by atoms with Gasteiger partial charge in [-0.25, -0.2) is 4.98 Å². The number of ether oxygens (including phenoxy) is 1. The summed E-state index contributed by atoms with van der Waals surface area (Å²) in [7, 11) is 0. The molecule has 2 rings (SSSR count). The number of carbonyl (C=O) groups excluding carboxylic acids is 1. The third kappa shape index (κ3) is 2.40.